The van der Waals surface area contributed by atoms with E-state index in [1.165, 1.54) is 0 Å². The number of allylic oxidation sites excluding steroid dienone is 4. The molecule has 1 aliphatic carbocycles. The van der Waals surface area contributed by atoms with Gasteiger partial charge in [0.1, 0.15) is 4.32 Å². The summed E-state index contributed by atoms with van der Waals surface area (Å²) >= 11 is 3.49. The third kappa shape index (κ3) is 1.17. The first-order chi connectivity index (χ1) is 4.69. The van der Waals surface area contributed by atoms with Crippen molar-refractivity contribution >= 4 is 15.9 Å². The summed E-state index contributed by atoms with van der Waals surface area (Å²) in [5.74, 6) is 3.09. The molecule has 0 spiro atoms. The number of rotatable bonds is 0. The minimum atomic E-state index is -0.248. The fraction of sp³-hybridized carbons (Fsp3) is 0.333. The van der Waals surface area contributed by atoms with Crippen molar-refractivity contribution in [1.29, 1.82) is 0 Å². The van der Waals surface area contributed by atoms with Gasteiger partial charge < -0.3 is 0 Å². The van der Waals surface area contributed by atoms with Crippen molar-refractivity contribution in [3.8, 4) is 12.3 Å². The summed E-state index contributed by atoms with van der Waals surface area (Å²) in [7, 11) is 0. The van der Waals surface area contributed by atoms with Crippen LogP contribution in [0.2, 0.25) is 0 Å². The fourth-order valence-electron chi connectivity index (χ4n) is 0.898. The second-order valence-corrected chi connectivity index (χ2v) is 3.76. The van der Waals surface area contributed by atoms with Crippen molar-refractivity contribution in [2.24, 2.45) is 5.92 Å². The van der Waals surface area contributed by atoms with Gasteiger partial charge in [0.05, 0.1) is 0 Å². The van der Waals surface area contributed by atoms with Crippen LogP contribution in [-0.2, 0) is 0 Å². The molecule has 0 N–H and O–H groups in total. The third-order valence-electron chi connectivity index (χ3n) is 1.73. The van der Waals surface area contributed by atoms with Gasteiger partial charge in [-0.25, -0.2) is 0 Å². The van der Waals surface area contributed by atoms with Crippen LogP contribution in [0.4, 0.5) is 0 Å². The van der Waals surface area contributed by atoms with Gasteiger partial charge in [0.25, 0.3) is 0 Å². The number of alkyl halides is 1. The van der Waals surface area contributed by atoms with E-state index in [9.17, 15) is 0 Å². The Bertz CT molecular complexity index is 219. The Labute approximate surface area is 70.1 Å². The molecule has 0 fully saturated rings. The summed E-state index contributed by atoms with van der Waals surface area (Å²) in [5.41, 5.74) is 0. The summed E-state index contributed by atoms with van der Waals surface area (Å²) in [6.07, 6.45) is 13.4. The number of hydrogen-bond donors (Lipinski definition) is 0. The van der Waals surface area contributed by atoms with Gasteiger partial charge in [-0.05, 0) is 0 Å². The molecule has 0 amide bonds. The molecule has 0 aromatic rings. The maximum absolute atomic E-state index is 5.35. The van der Waals surface area contributed by atoms with E-state index in [0.717, 1.165) is 0 Å². The molecule has 0 nitrogen and oxygen atoms in total. The normalized spacial score (nSPS) is 37.5. The summed E-state index contributed by atoms with van der Waals surface area (Å²) in [6.45, 7) is 2.09. The summed E-state index contributed by atoms with van der Waals surface area (Å²) in [6, 6.07) is 0. The average Bonchev–Trinajstić information content (AvgIpc) is 1.96. The maximum atomic E-state index is 5.35. The minimum absolute atomic E-state index is 0.248. The largest absolute Gasteiger partial charge is 0.118 e. The van der Waals surface area contributed by atoms with E-state index in [1.54, 1.807) is 0 Å². The second-order valence-electron chi connectivity index (χ2n) is 2.45. The Morgan fingerprint density at radius 2 is 2.30 bits per heavy atom. The van der Waals surface area contributed by atoms with Crippen molar-refractivity contribution in [2.45, 2.75) is 11.2 Å². The van der Waals surface area contributed by atoms with Gasteiger partial charge in [-0.2, -0.15) is 0 Å². The molecule has 52 valence electrons. The van der Waals surface area contributed by atoms with Crippen LogP contribution >= 0.6 is 15.9 Å². The number of halogens is 1. The lowest BCUT2D eigenvalue weighted by atomic mass is 9.91. The molecule has 0 aliphatic heterocycles. The van der Waals surface area contributed by atoms with Gasteiger partial charge in [-0.1, -0.05) is 53.1 Å². The van der Waals surface area contributed by atoms with Crippen LogP contribution < -0.4 is 0 Å². The predicted octanol–water partition coefficient (Wildman–Crippen LogP) is 2.52. The van der Waals surface area contributed by atoms with Gasteiger partial charge in [0.2, 0.25) is 0 Å². The summed E-state index contributed by atoms with van der Waals surface area (Å²) in [5, 5.41) is 0. The molecule has 10 heavy (non-hydrogen) atoms. The van der Waals surface area contributed by atoms with Crippen LogP contribution in [-0.4, -0.2) is 4.32 Å². The Kier molecular flexibility index (Phi) is 2.01. The highest BCUT2D eigenvalue weighted by molar-refractivity contribution is 9.10. The Hall–Kier alpha value is -0.480. The number of hydrogen-bond acceptors (Lipinski definition) is 0. The summed E-state index contributed by atoms with van der Waals surface area (Å²) < 4.78 is -0.248. The smallest absolute Gasteiger partial charge is 0.110 e. The van der Waals surface area contributed by atoms with Crippen molar-refractivity contribution in [3.05, 3.63) is 24.3 Å². The van der Waals surface area contributed by atoms with Crippen molar-refractivity contribution in [1.82, 2.24) is 0 Å². The fourth-order valence-corrected chi connectivity index (χ4v) is 1.20. The van der Waals surface area contributed by atoms with Gasteiger partial charge in [-0.15, -0.1) is 6.42 Å². The van der Waals surface area contributed by atoms with Crippen LogP contribution in [0.15, 0.2) is 24.3 Å². The van der Waals surface area contributed by atoms with E-state index in [4.69, 9.17) is 6.42 Å². The lowest BCUT2D eigenvalue weighted by Gasteiger charge is -2.24. The lowest BCUT2D eigenvalue weighted by molar-refractivity contribution is 0.678. The molecular formula is C9H9Br. The van der Waals surface area contributed by atoms with Crippen molar-refractivity contribution < 1.29 is 0 Å². The molecular weight excluding hydrogens is 188 g/mol. The molecule has 0 aromatic carbocycles. The second kappa shape index (κ2) is 2.64. The Morgan fingerprint density at radius 1 is 1.60 bits per heavy atom. The SMILES string of the molecule is C#CC1(Br)C=CC=CC1C. The molecule has 0 bridgehead atoms. The monoisotopic (exact) mass is 196 g/mol. The highest BCUT2D eigenvalue weighted by Crippen LogP contribution is 2.31. The molecule has 1 aliphatic rings. The quantitative estimate of drug-likeness (QED) is 0.413. The summed E-state index contributed by atoms with van der Waals surface area (Å²) in [4.78, 5) is 0. The molecule has 0 saturated carbocycles. The van der Waals surface area contributed by atoms with E-state index in [2.05, 4.69) is 34.9 Å². The van der Waals surface area contributed by atoms with Gasteiger partial charge in [0, 0.05) is 5.92 Å². The van der Waals surface area contributed by atoms with Crippen LogP contribution in [0.1, 0.15) is 6.92 Å². The predicted molar refractivity (Wildman–Crippen MR) is 47.9 cm³/mol. The number of terminal acetylenes is 1. The first kappa shape index (κ1) is 7.63. The molecule has 0 radical (unpaired) electrons. The highest BCUT2D eigenvalue weighted by atomic mass is 79.9. The van der Waals surface area contributed by atoms with Crippen LogP contribution in [0.25, 0.3) is 0 Å². The Morgan fingerprint density at radius 3 is 2.70 bits per heavy atom. The van der Waals surface area contributed by atoms with Crippen LogP contribution in [0.3, 0.4) is 0 Å². The molecule has 1 rings (SSSR count). The molecule has 2 atom stereocenters. The standard InChI is InChI=1S/C9H9Br/c1-3-9(10)7-5-4-6-8(9)2/h1,4-8H,2H3. The lowest BCUT2D eigenvalue weighted by Crippen LogP contribution is -2.24. The van der Waals surface area contributed by atoms with E-state index >= 15 is 0 Å². The first-order valence-electron chi connectivity index (χ1n) is 3.22. The van der Waals surface area contributed by atoms with E-state index < -0.39 is 0 Å². The topological polar surface area (TPSA) is 0 Å². The molecule has 1 heteroatoms. The third-order valence-corrected chi connectivity index (χ3v) is 2.95. The maximum Gasteiger partial charge on any atom is 0.110 e. The van der Waals surface area contributed by atoms with E-state index in [0.29, 0.717) is 5.92 Å². The Balaban J connectivity index is 2.91. The van der Waals surface area contributed by atoms with Crippen LogP contribution in [0, 0.1) is 18.3 Å². The van der Waals surface area contributed by atoms with Gasteiger partial charge >= 0.3 is 0 Å². The molecule has 2 unspecified atom stereocenters. The van der Waals surface area contributed by atoms with Gasteiger partial charge in [0.15, 0.2) is 0 Å². The van der Waals surface area contributed by atoms with E-state index in [1.807, 2.05) is 18.2 Å². The first-order valence-corrected chi connectivity index (χ1v) is 4.01. The zero-order valence-corrected chi connectivity index (χ0v) is 7.43. The molecule has 0 aromatic heterocycles. The van der Waals surface area contributed by atoms with Crippen LogP contribution in [0.5, 0.6) is 0 Å². The van der Waals surface area contributed by atoms with E-state index in [-0.39, 0.29) is 4.32 Å². The zero-order chi connectivity index (χ0) is 7.61. The van der Waals surface area contributed by atoms with Gasteiger partial charge in [-0.3, -0.25) is 0 Å². The molecule has 0 heterocycles. The molecule has 0 saturated heterocycles. The zero-order valence-electron chi connectivity index (χ0n) is 5.84. The minimum Gasteiger partial charge on any atom is -0.118 e. The average molecular weight is 197 g/mol. The van der Waals surface area contributed by atoms with Crippen molar-refractivity contribution in [2.75, 3.05) is 0 Å². The highest BCUT2D eigenvalue weighted by Gasteiger charge is 2.27. The van der Waals surface area contributed by atoms with Crippen molar-refractivity contribution in [3.63, 3.8) is 0 Å².